The third-order valence-electron chi connectivity index (χ3n) is 11.5. The smallest absolute Gasteiger partial charge is 0.216 e. The summed E-state index contributed by atoms with van der Waals surface area (Å²) in [5, 5.41) is 6.73. The van der Waals surface area contributed by atoms with E-state index in [0.717, 1.165) is 55.0 Å². The molecule has 0 radical (unpaired) electrons. The molecule has 1 amide bonds. The van der Waals surface area contributed by atoms with Crippen LogP contribution in [0.5, 0.6) is 0 Å². The maximum absolute atomic E-state index is 11.1. The largest absolute Gasteiger partial charge is 0.356 e. The molecule has 3 fully saturated rings. The fourth-order valence-electron chi connectivity index (χ4n) is 9.52. The molecule has 4 aliphatic carbocycles. The van der Waals surface area contributed by atoms with Crippen LogP contribution in [0.3, 0.4) is 0 Å². The van der Waals surface area contributed by atoms with E-state index in [1.165, 1.54) is 70.6 Å². The summed E-state index contributed by atoms with van der Waals surface area (Å²) in [4.78, 5) is 11.1. The first-order valence-electron chi connectivity index (χ1n) is 15.3. The maximum atomic E-state index is 11.1. The van der Waals surface area contributed by atoms with Crippen molar-refractivity contribution in [1.82, 2.24) is 10.6 Å². The van der Waals surface area contributed by atoms with Gasteiger partial charge in [-0.1, -0.05) is 65.5 Å². The molecule has 0 bridgehead atoms. The van der Waals surface area contributed by atoms with Crippen molar-refractivity contribution in [2.45, 2.75) is 125 Å². The molecule has 35 heavy (non-hydrogen) atoms. The lowest BCUT2D eigenvalue weighted by molar-refractivity contribution is -0.118. The first-order chi connectivity index (χ1) is 16.6. The van der Waals surface area contributed by atoms with E-state index >= 15 is 0 Å². The van der Waals surface area contributed by atoms with Gasteiger partial charge in [-0.3, -0.25) is 4.79 Å². The minimum Gasteiger partial charge on any atom is -0.356 e. The lowest BCUT2D eigenvalue weighted by Gasteiger charge is -2.58. The van der Waals surface area contributed by atoms with Gasteiger partial charge in [-0.2, -0.15) is 0 Å². The van der Waals surface area contributed by atoms with E-state index in [1.807, 2.05) is 0 Å². The average molecular weight is 485 g/mol. The topological polar surface area (TPSA) is 41.1 Å². The van der Waals surface area contributed by atoms with Crippen LogP contribution < -0.4 is 10.6 Å². The zero-order chi connectivity index (χ0) is 25.2. The van der Waals surface area contributed by atoms with Crippen LogP contribution in [0.2, 0.25) is 0 Å². The number of allylic oxidation sites excluding steroid dienone is 1. The first kappa shape index (κ1) is 27.2. The fourth-order valence-corrected chi connectivity index (χ4v) is 9.52. The Morgan fingerprint density at radius 2 is 1.80 bits per heavy atom. The zero-order valence-electron chi connectivity index (χ0n) is 23.9. The predicted octanol–water partition coefficient (Wildman–Crippen LogP) is 7.51. The van der Waals surface area contributed by atoms with E-state index in [4.69, 9.17) is 0 Å². The summed E-state index contributed by atoms with van der Waals surface area (Å²) in [6, 6.07) is 0.625. The lowest BCUT2D eigenvalue weighted by Crippen LogP contribution is -2.51. The third-order valence-corrected chi connectivity index (χ3v) is 11.5. The molecule has 0 aromatic carbocycles. The van der Waals surface area contributed by atoms with Crippen LogP contribution in [0.4, 0.5) is 0 Å². The van der Waals surface area contributed by atoms with E-state index in [1.54, 1.807) is 12.5 Å². The summed E-state index contributed by atoms with van der Waals surface area (Å²) in [5.74, 6) is 5.58. The summed E-state index contributed by atoms with van der Waals surface area (Å²) < 4.78 is 0. The molecular formula is C32H56N2O. The van der Waals surface area contributed by atoms with Crippen molar-refractivity contribution in [3.05, 3.63) is 11.6 Å². The van der Waals surface area contributed by atoms with Gasteiger partial charge in [0.15, 0.2) is 0 Å². The standard InChI is InChI=1S/C32H56N2O/c1-22(2)9-7-10-23(3)28-13-14-29-27-12-11-25-21-26(34-20-8-19-33-24(4)35)15-17-31(25,5)30(27)16-18-32(28,29)6/h11,22-23,26-30,34H,7-10,12-21H2,1-6H3,(H,33,35)/t23-,26-,27?,28?,29-,30?,31?,32?/m0/s1. The van der Waals surface area contributed by atoms with Crippen LogP contribution >= 0.6 is 0 Å². The van der Waals surface area contributed by atoms with Gasteiger partial charge in [-0.25, -0.2) is 0 Å². The Kier molecular flexibility index (Phi) is 8.77. The van der Waals surface area contributed by atoms with Crippen molar-refractivity contribution in [2.24, 2.45) is 46.3 Å². The van der Waals surface area contributed by atoms with E-state index < -0.39 is 0 Å². The number of nitrogens with one attached hydrogen (secondary N) is 2. The monoisotopic (exact) mass is 484 g/mol. The second-order valence-electron chi connectivity index (χ2n) is 14.0. The van der Waals surface area contributed by atoms with Crippen molar-refractivity contribution in [3.63, 3.8) is 0 Å². The molecule has 200 valence electrons. The molecule has 0 saturated heterocycles. The molecular weight excluding hydrogens is 428 g/mol. The maximum Gasteiger partial charge on any atom is 0.216 e. The van der Waals surface area contributed by atoms with Crippen molar-refractivity contribution >= 4 is 5.91 Å². The number of amides is 1. The molecule has 0 aromatic rings. The molecule has 0 aliphatic heterocycles. The summed E-state index contributed by atoms with van der Waals surface area (Å²) in [6.45, 7) is 16.1. The van der Waals surface area contributed by atoms with Crippen molar-refractivity contribution in [1.29, 1.82) is 0 Å². The quantitative estimate of drug-likeness (QED) is 0.249. The SMILES string of the molecule is CC(=O)NCCCN[C@H]1CCC2(C)C(=CCC3C2CCC2(C)C([C@@H](C)CCCC(C)C)CC[C@@H]32)C1. The molecule has 0 spiro atoms. The van der Waals surface area contributed by atoms with Crippen LogP contribution in [0.25, 0.3) is 0 Å². The van der Waals surface area contributed by atoms with Gasteiger partial charge in [-0.15, -0.1) is 0 Å². The fraction of sp³-hybridized carbons (Fsp3) is 0.906. The first-order valence-corrected chi connectivity index (χ1v) is 15.3. The van der Waals surface area contributed by atoms with Crippen LogP contribution in [0.1, 0.15) is 119 Å². The second kappa shape index (κ2) is 11.3. The number of hydrogen-bond donors (Lipinski definition) is 2. The molecule has 2 N–H and O–H groups in total. The highest BCUT2D eigenvalue weighted by Gasteiger charge is 2.59. The highest BCUT2D eigenvalue weighted by atomic mass is 16.1. The number of fused-ring (bicyclic) bond motifs is 5. The molecule has 0 heterocycles. The minimum atomic E-state index is 0.0816. The molecule has 5 unspecified atom stereocenters. The van der Waals surface area contributed by atoms with Crippen molar-refractivity contribution < 1.29 is 4.79 Å². The molecule has 4 aliphatic rings. The van der Waals surface area contributed by atoms with Crippen LogP contribution in [-0.2, 0) is 4.79 Å². The average Bonchev–Trinajstić information content (AvgIpc) is 3.15. The Balaban J connectivity index is 1.36. The van der Waals surface area contributed by atoms with Gasteiger partial charge in [0.25, 0.3) is 0 Å². The van der Waals surface area contributed by atoms with Crippen molar-refractivity contribution in [3.8, 4) is 0 Å². The normalized spacial score (nSPS) is 39.4. The minimum absolute atomic E-state index is 0.0816. The highest BCUT2D eigenvalue weighted by Crippen LogP contribution is 2.67. The second-order valence-corrected chi connectivity index (χ2v) is 14.0. The Bertz CT molecular complexity index is 759. The summed E-state index contributed by atoms with van der Waals surface area (Å²) in [7, 11) is 0. The summed E-state index contributed by atoms with van der Waals surface area (Å²) in [5.41, 5.74) is 2.82. The molecule has 3 heteroatoms. The molecule has 8 atom stereocenters. The predicted molar refractivity (Wildman–Crippen MR) is 148 cm³/mol. The highest BCUT2D eigenvalue weighted by molar-refractivity contribution is 5.72. The molecule has 3 saturated carbocycles. The summed E-state index contributed by atoms with van der Waals surface area (Å²) >= 11 is 0. The Labute approximate surface area is 217 Å². The number of rotatable bonds is 10. The van der Waals surface area contributed by atoms with Crippen LogP contribution in [0.15, 0.2) is 11.6 Å². The van der Waals surface area contributed by atoms with Gasteiger partial charge < -0.3 is 10.6 Å². The number of carbonyl (C=O) groups excluding carboxylic acids is 1. The van der Waals surface area contributed by atoms with E-state index in [-0.39, 0.29) is 5.91 Å². The van der Waals surface area contributed by atoms with Gasteiger partial charge in [-0.05, 0) is 111 Å². The van der Waals surface area contributed by atoms with Gasteiger partial charge in [0, 0.05) is 19.5 Å². The van der Waals surface area contributed by atoms with Crippen LogP contribution in [0, 0.1) is 46.3 Å². The van der Waals surface area contributed by atoms with Crippen LogP contribution in [-0.4, -0.2) is 25.0 Å². The van der Waals surface area contributed by atoms with E-state index in [0.29, 0.717) is 16.9 Å². The third kappa shape index (κ3) is 5.70. The molecule has 0 aromatic heterocycles. The zero-order valence-corrected chi connectivity index (χ0v) is 23.9. The molecule has 3 nitrogen and oxygen atoms in total. The Morgan fingerprint density at radius 3 is 2.54 bits per heavy atom. The van der Waals surface area contributed by atoms with E-state index in [9.17, 15) is 4.79 Å². The van der Waals surface area contributed by atoms with Crippen molar-refractivity contribution in [2.75, 3.05) is 13.1 Å². The Hall–Kier alpha value is -0.830. The van der Waals surface area contributed by atoms with Gasteiger partial charge >= 0.3 is 0 Å². The van der Waals surface area contributed by atoms with Gasteiger partial charge in [0.1, 0.15) is 0 Å². The van der Waals surface area contributed by atoms with Gasteiger partial charge in [0.05, 0.1) is 0 Å². The van der Waals surface area contributed by atoms with Gasteiger partial charge in [0.2, 0.25) is 5.91 Å². The number of hydrogen-bond acceptors (Lipinski definition) is 2. The van der Waals surface area contributed by atoms with E-state index in [2.05, 4.69) is 51.3 Å². The number of carbonyl (C=O) groups is 1. The summed E-state index contributed by atoms with van der Waals surface area (Å²) in [6.07, 6.45) is 19.2. The lowest BCUT2D eigenvalue weighted by atomic mass is 9.47. The Morgan fingerprint density at radius 1 is 1.00 bits per heavy atom. The molecule has 4 rings (SSSR count).